The monoisotopic (exact) mass is 561 g/mol. The number of rotatable bonds is 8. The van der Waals surface area contributed by atoms with Crippen LogP contribution in [0, 0.1) is 0 Å². The normalized spacial score (nSPS) is 10.9. The molecule has 0 bridgehead atoms. The van der Waals surface area contributed by atoms with Crippen LogP contribution in [0.1, 0.15) is 0 Å². The van der Waals surface area contributed by atoms with Crippen molar-refractivity contribution >= 4 is 74.7 Å². The summed E-state index contributed by atoms with van der Waals surface area (Å²) in [6.07, 6.45) is 0. The molecular formula is C26H23Cl4N5O. The molecule has 4 N–H and O–H groups in total. The number of urea groups is 1. The van der Waals surface area contributed by atoms with E-state index in [2.05, 4.69) is 15.6 Å². The van der Waals surface area contributed by atoms with Crippen molar-refractivity contribution < 1.29 is 4.79 Å². The Balaban J connectivity index is 2.01. The Morgan fingerprint density at radius 2 is 1.64 bits per heavy atom. The highest BCUT2D eigenvalue weighted by Gasteiger charge is 2.18. The standard InChI is InChI=1S/C26H23Cl4N5O/c27-9-11-35(12-10-28)25-8-6-17(32-26(36)34-31)14-20(25)19-15-24(21-13-16(29)5-7-22(21)30)33-23-4-2-1-3-18(19)23/h1-8,13-15H,9-12,31H2,(H2,32,34,36). The zero-order valence-corrected chi connectivity index (χ0v) is 22.1. The predicted molar refractivity (Wildman–Crippen MR) is 153 cm³/mol. The number of alkyl halides is 2. The third-order valence-electron chi connectivity index (χ3n) is 5.65. The molecule has 0 fully saturated rings. The molecule has 0 atom stereocenters. The van der Waals surface area contributed by atoms with E-state index in [9.17, 15) is 4.79 Å². The lowest BCUT2D eigenvalue weighted by Crippen LogP contribution is -2.34. The summed E-state index contributed by atoms with van der Waals surface area (Å²) in [5.74, 6) is 6.13. The maximum atomic E-state index is 11.9. The summed E-state index contributed by atoms with van der Waals surface area (Å²) in [5, 5.41) is 4.76. The van der Waals surface area contributed by atoms with Crippen LogP contribution < -0.4 is 21.5 Å². The molecule has 4 aromatic rings. The molecule has 10 heteroatoms. The fourth-order valence-corrected chi connectivity index (χ4v) is 4.85. The van der Waals surface area contributed by atoms with E-state index in [1.807, 2.05) is 48.5 Å². The summed E-state index contributed by atoms with van der Waals surface area (Å²) in [7, 11) is 0. The zero-order chi connectivity index (χ0) is 25.7. The number of aromatic nitrogens is 1. The van der Waals surface area contributed by atoms with Crippen LogP contribution in [0.3, 0.4) is 0 Å². The van der Waals surface area contributed by atoms with Gasteiger partial charge in [0, 0.05) is 57.8 Å². The first-order chi connectivity index (χ1) is 17.4. The van der Waals surface area contributed by atoms with Gasteiger partial charge in [0.1, 0.15) is 0 Å². The minimum absolute atomic E-state index is 0.423. The summed E-state index contributed by atoms with van der Waals surface area (Å²) < 4.78 is 0. The first-order valence-electron chi connectivity index (χ1n) is 11.1. The number of pyridine rings is 1. The fourth-order valence-electron chi connectivity index (χ4n) is 4.06. The predicted octanol–water partition coefficient (Wildman–Crippen LogP) is 7.15. The second-order valence-corrected chi connectivity index (χ2v) is 9.49. The van der Waals surface area contributed by atoms with Gasteiger partial charge >= 0.3 is 6.03 Å². The maximum Gasteiger partial charge on any atom is 0.333 e. The van der Waals surface area contributed by atoms with E-state index in [1.54, 1.807) is 18.2 Å². The largest absolute Gasteiger partial charge is 0.369 e. The van der Waals surface area contributed by atoms with Crippen molar-refractivity contribution in [3.8, 4) is 22.4 Å². The van der Waals surface area contributed by atoms with Crippen LogP contribution in [0.5, 0.6) is 0 Å². The van der Waals surface area contributed by atoms with Crippen LogP contribution >= 0.6 is 46.4 Å². The second kappa shape index (κ2) is 12.0. The van der Waals surface area contributed by atoms with E-state index in [-0.39, 0.29) is 0 Å². The molecule has 0 radical (unpaired) electrons. The topological polar surface area (TPSA) is 83.3 Å². The summed E-state index contributed by atoms with van der Waals surface area (Å²) >= 11 is 25.1. The molecule has 0 unspecified atom stereocenters. The van der Waals surface area contributed by atoms with Crippen molar-refractivity contribution in [2.75, 3.05) is 35.1 Å². The highest BCUT2D eigenvalue weighted by atomic mass is 35.5. The quantitative estimate of drug-likeness (QED) is 0.0920. The maximum absolute atomic E-state index is 11.9. The molecule has 6 nitrogen and oxygen atoms in total. The third-order valence-corrected chi connectivity index (χ3v) is 6.55. The molecular weight excluding hydrogens is 540 g/mol. The molecule has 1 aromatic heterocycles. The van der Waals surface area contributed by atoms with Crippen molar-refractivity contribution in [3.63, 3.8) is 0 Å². The number of anilines is 2. The molecule has 4 rings (SSSR count). The molecule has 0 aliphatic carbocycles. The summed E-state index contributed by atoms with van der Waals surface area (Å²) in [6, 6.07) is 20.2. The van der Waals surface area contributed by atoms with Gasteiger partial charge in [0.15, 0.2) is 0 Å². The van der Waals surface area contributed by atoms with Crippen LogP contribution in [-0.4, -0.2) is 35.9 Å². The number of carbonyl (C=O) groups excluding carboxylic acids is 1. The number of para-hydroxylation sites is 1. The van der Waals surface area contributed by atoms with E-state index in [1.165, 1.54) is 0 Å². The van der Waals surface area contributed by atoms with E-state index < -0.39 is 6.03 Å². The van der Waals surface area contributed by atoms with Crippen molar-refractivity contribution in [1.29, 1.82) is 0 Å². The van der Waals surface area contributed by atoms with Crippen LogP contribution in [0.25, 0.3) is 33.3 Å². The van der Waals surface area contributed by atoms with Crippen LogP contribution in [-0.2, 0) is 0 Å². The smallest absolute Gasteiger partial charge is 0.333 e. The Morgan fingerprint density at radius 1 is 0.889 bits per heavy atom. The number of hydrogen-bond donors (Lipinski definition) is 3. The molecule has 0 saturated heterocycles. The van der Waals surface area contributed by atoms with Gasteiger partial charge in [-0.05, 0) is 54.1 Å². The van der Waals surface area contributed by atoms with Crippen molar-refractivity contribution in [3.05, 3.63) is 76.8 Å². The Labute approximate surface area is 229 Å². The molecule has 0 saturated carbocycles. The van der Waals surface area contributed by atoms with Gasteiger partial charge in [0.2, 0.25) is 0 Å². The van der Waals surface area contributed by atoms with Gasteiger partial charge < -0.3 is 10.2 Å². The molecule has 36 heavy (non-hydrogen) atoms. The third kappa shape index (κ3) is 5.80. The number of benzene rings is 3. The van der Waals surface area contributed by atoms with Crippen LogP contribution in [0.2, 0.25) is 10.0 Å². The van der Waals surface area contributed by atoms with E-state index in [0.29, 0.717) is 51.8 Å². The SMILES string of the molecule is NNC(=O)Nc1ccc(N(CCCl)CCCl)c(-c2cc(-c3cc(Cl)ccc3Cl)nc3ccccc23)c1. The average Bonchev–Trinajstić information content (AvgIpc) is 2.89. The van der Waals surface area contributed by atoms with Crippen molar-refractivity contribution in [2.45, 2.75) is 0 Å². The van der Waals surface area contributed by atoms with E-state index >= 15 is 0 Å². The number of fused-ring (bicyclic) bond motifs is 1. The minimum atomic E-state index is -0.530. The van der Waals surface area contributed by atoms with Crippen molar-refractivity contribution in [2.24, 2.45) is 5.84 Å². The molecule has 3 aromatic carbocycles. The zero-order valence-electron chi connectivity index (χ0n) is 19.1. The Morgan fingerprint density at radius 3 is 2.36 bits per heavy atom. The lowest BCUT2D eigenvalue weighted by molar-refractivity contribution is 0.252. The number of nitrogens with two attached hydrogens (primary N) is 1. The first kappa shape index (κ1) is 26.3. The van der Waals surface area contributed by atoms with E-state index in [4.69, 9.17) is 57.2 Å². The van der Waals surface area contributed by atoms with Gasteiger partial charge in [-0.2, -0.15) is 0 Å². The lowest BCUT2D eigenvalue weighted by Gasteiger charge is -2.27. The Kier molecular flexibility index (Phi) is 8.77. The minimum Gasteiger partial charge on any atom is -0.369 e. The molecule has 186 valence electrons. The molecule has 0 aliphatic heterocycles. The highest BCUT2D eigenvalue weighted by Crippen LogP contribution is 2.40. The molecule has 0 spiro atoms. The van der Waals surface area contributed by atoms with E-state index in [0.717, 1.165) is 27.7 Å². The number of carbonyl (C=O) groups is 1. The lowest BCUT2D eigenvalue weighted by atomic mass is 9.96. The molecule has 2 amide bonds. The van der Waals surface area contributed by atoms with Gasteiger partial charge in [-0.15, -0.1) is 23.2 Å². The van der Waals surface area contributed by atoms with Crippen molar-refractivity contribution in [1.82, 2.24) is 10.4 Å². The number of nitrogens with zero attached hydrogens (tertiary/aromatic N) is 2. The summed E-state index contributed by atoms with van der Waals surface area (Å²) in [6.45, 7) is 1.18. The van der Waals surface area contributed by atoms with Gasteiger partial charge in [0.05, 0.1) is 16.2 Å². The Hall–Kier alpha value is -2.74. The fraction of sp³-hybridized carbons (Fsp3) is 0.154. The average molecular weight is 563 g/mol. The number of amides is 2. The van der Waals surface area contributed by atoms with Crippen LogP contribution in [0.15, 0.2) is 66.7 Å². The van der Waals surface area contributed by atoms with Gasteiger partial charge in [-0.25, -0.2) is 15.6 Å². The summed E-state index contributed by atoms with van der Waals surface area (Å²) in [4.78, 5) is 18.9. The second-order valence-electron chi connectivity index (χ2n) is 7.89. The number of nitrogens with one attached hydrogen (secondary N) is 2. The van der Waals surface area contributed by atoms with Gasteiger partial charge in [0.25, 0.3) is 0 Å². The number of hydrazine groups is 1. The van der Waals surface area contributed by atoms with Gasteiger partial charge in [-0.1, -0.05) is 41.4 Å². The highest BCUT2D eigenvalue weighted by molar-refractivity contribution is 6.35. The number of hydrogen-bond acceptors (Lipinski definition) is 4. The van der Waals surface area contributed by atoms with Crippen LogP contribution in [0.4, 0.5) is 16.2 Å². The summed E-state index contributed by atoms with van der Waals surface area (Å²) in [5.41, 5.74) is 7.49. The Bertz CT molecular complexity index is 1390. The first-order valence-corrected chi connectivity index (χ1v) is 12.9. The molecule has 0 aliphatic rings. The number of halogens is 4. The van der Waals surface area contributed by atoms with Gasteiger partial charge in [-0.3, -0.25) is 5.43 Å². The molecule has 1 heterocycles.